The minimum Gasteiger partial charge on any atom is -0.379 e. The molecule has 0 bridgehead atoms. The van der Waals surface area contributed by atoms with Crippen LogP contribution in [0.4, 0.5) is 0 Å². The lowest BCUT2D eigenvalue weighted by molar-refractivity contribution is -0.139. The third kappa shape index (κ3) is 2.52. The third-order valence-electron chi connectivity index (χ3n) is 5.23. The molecule has 19 heavy (non-hydrogen) atoms. The molecule has 3 aliphatic rings. The van der Waals surface area contributed by atoms with Crippen LogP contribution in [0.5, 0.6) is 0 Å². The highest BCUT2D eigenvalue weighted by Gasteiger charge is 2.45. The summed E-state index contributed by atoms with van der Waals surface area (Å²) in [6.07, 6.45) is 9.62. The molecule has 0 spiro atoms. The molecule has 0 aromatic heterocycles. The maximum atomic E-state index is 12.7. The van der Waals surface area contributed by atoms with Crippen molar-refractivity contribution < 1.29 is 9.53 Å². The van der Waals surface area contributed by atoms with E-state index in [9.17, 15) is 4.79 Å². The van der Waals surface area contributed by atoms with E-state index in [2.05, 4.69) is 4.90 Å². The molecular weight excluding hydrogens is 240 g/mol. The van der Waals surface area contributed by atoms with Crippen LogP contribution in [0.25, 0.3) is 0 Å². The van der Waals surface area contributed by atoms with Crippen molar-refractivity contribution in [1.82, 2.24) is 4.90 Å². The van der Waals surface area contributed by atoms with Gasteiger partial charge >= 0.3 is 0 Å². The highest BCUT2D eigenvalue weighted by Crippen LogP contribution is 2.35. The third-order valence-corrected chi connectivity index (χ3v) is 5.23. The van der Waals surface area contributed by atoms with Gasteiger partial charge in [0.1, 0.15) is 5.54 Å². The van der Waals surface area contributed by atoms with Gasteiger partial charge in [-0.05, 0) is 38.0 Å². The van der Waals surface area contributed by atoms with E-state index in [0.717, 1.165) is 13.0 Å². The lowest BCUT2D eigenvalue weighted by Crippen LogP contribution is -2.58. The molecule has 0 radical (unpaired) electrons. The molecule has 2 heterocycles. The Morgan fingerprint density at radius 3 is 2.63 bits per heavy atom. The van der Waals surface area contributed by atoms with E-state index < -0.39 is 5.54 Å². The first-order chi connectivity index (χ1) is 9.21. The fourth-order valence-corrected chi connectivity index (χ4v) is 4.09. The van der Waals surface area contributed by atoms with Gasteiger partial charge in [-0.3, -0.25) is 4.79 Å². The Balaban J connectivity index is 1.70. The molecule has 4 nitrogen and oxygen atoms in total. The second-order valence-electron chi connectivity index (χ2n) is 6.56. The van der Waals surface area contributed by atoms with Gasteiger partial charge in [-0.1, -0.05) is 19.3 Å². The Labute approximate surface area is 115 Å². The van der Waals surface area contributed by atoms with E-state index in [1.54, 1.807) is 0 Å². The molecule has 108 valence electrons. The van der Waals surface area contributed by atoms with E-state index in [0.29, 0.717) is 31.6 Å². The van der Waals surface area contributed by atoms with Crippen LogP contribution in [0.2, 0.25) is 0 Å². The van der Waals surface area contributed by atoms with Crippen LogP contribution in [0, 0.1) is 5.92 Å². The van der Waals surface area contributed by atoms with Gasteiger partial charge in [-0.2, -0.15) is 0 Å². The Bertz CT molecular complexity index is 333. The van der Waals surface area contributed by atoms with Crippen LogP contribution in [-0.2, 0) is 9.53 Å². The topological polar surface area (TPSA) is 55.6 Å². The summed E-state index contributed by atoms with van der Waals surface area (Å²) in [5.74, 6) is 0.865. The summed E-state index contributed by atoms with van der Waals surface area (Å²) in [5, 5.41) is 0. The number of nitrogens with zero attached hydrogens (tertiary/aromatic N) is 1. The monoisotopic (exact) mass is 266 g/mol. The first-order valence-corrected chi connectivity index (χ1v) is 7.88. The molecule has 2 N–H and O–H groups in total. The van der Waals surface area contributed by atoms with E-state index in [1.807, 2.05) is 0 Å². The predicted molar refractivity (Wildman–Crippen MR) is 73.7 cm³/mol. The summed E-state index contributed by atoms with van der Waals surface area (Å²) >= 11 is 0. The predicted octanol–water partition coefficient (Wildman–Crippen LogP) is 1.68. The molecule has 4 heteroatoms. The van der Waals surface area contributed by atoms with Crippen LogP contribution in [-0.4, -0.2) is 42.1 Å². The fourth-order valence-electron chi connectivity index (χ4n) is 4.09. The summed E-state index contributed by atoms with van der Waals surface area (Å²) in [7, 11) is 0. The number of carbonyl (C=O) groups is 1. The highest BCUT2D eigenvalue weighted by atomic mass is 16.5. The standard InChI is InChI=1S/C15H26N2O2/c16-15(8-10-19-11-15)14(18)17-9-4-7-13(17)12-5-2-1-3-6-12/h12-13H,1-11,16H2. The Kier molecular flexibility index (Phi) is 3.81. The summed E-state index contributed by atoms with van der Waals surface area (Å²) < 4.78 is 5.35. The lowest BCUT2D eigenvalue weighted by atomic mass is 9.82. The van der Waals surface area contributed by atoms with Crippen molar-refractivity contribution in [2.45, 2.75) is 62.9 Å². The molecule has 1 amide bonds. The first-order valence-electron chi connectivity index (χ1n) is 7.88. The zero-order chi connectivity index (χ0) is 13.3. The van der Waals surface area contributed by atoms with Gasteiger partial charge in [-0.25, -0.2) is 0 Å². The van der Waals surface area contributed by atoms with Gasteiger partial charge in [-0.15, -0.1) is 0 Å². The highest BCUT2D eigenvalue weighted by molar-refractivity contribution is 5.87. The number of likely N-dealkylation sites (tertiary alicyclic amines) is 1. The van der Waals surface area contributed by atoms with Crippen molar-refractivity contribution in [3.05, 3.63) is 0 Å². The number of amides is 1. The average molecular weight is 266 g/mol. The van der Waals surface area contributed by atoms with Gasteiger partial charge < -0.3 is 15.4 Å². The van der Waals surface area contributed by atoms with Crippen LogP contribution in [0.1, 0.15) is 51.4 Å². The van der Waals surface area contributed by atoms with Gasteiger partial charge in [0.2, 0.25) is 5.91 Å². The van der Waals surface area contributed by atoms with E-state index in [1.165, 1.54) is 38.5 Å². The first kappa shape index (κ1) is 13.4. The molecule has 0 aromatic carbocycles. The van der Waals surface area contributed by atoms with Gasteiger partial charge in [0, 0.05) is 19.2 Å². The SMILES string of the molecule is NC1(C(=O)N2CCCC2C2CCCCC2)CCOC1. The maximum Gasteiger partial charge on any atom is 0.245 e. The molecule has 3 rings (SSSR count). The lowest BCUT2D eigenvalue weighted by Gasteiger charge is -2.37. The molecule has 2 atom stereocenters. The normalized spacial score (nSPS) is 36.9. The van der Waals surface area contributed by atoms with Crippen molar-refractivity contribution in [2.75, 3.05) is 19.8 Å². The molecule has 2 saturated heterocycles. The van der Waals surface area contributed by atoms with Crippen molar-refractivity contribution >= 4 is 5.91 Å². The fraction of sp³-hybridized carbons (Fsp3) is 0.933. The van der Waals surface area contributed by atoms with Crippen LogP contribution in [0.3, 0.4) is 0 Å². The molecule has 1 aliphatic carbocycles. The Morgan fingerprint density at radius 1 is 1.16 bits per heavy atom. The number of ether oxygens (including phenoxy) is 1. The van der Waals surface area contributed by atoms with Crippen molar-refractivity contribution in [2.24, 2.45) is 11.7 Å². The smallest absolute Gasteiger partial charge is 0.245 e. The van der Waals surface area contributed by atoms with Gasteiger partial charge in [0.05, 0.1) is 6.61 Å². The summed E-state index contributed by atoms with van der Waals surface area (Å²) in [5.41, 5.74) is 5.52. The molecule has 3 fully saturated rings. The van der Waals surface area contributed by atoms with E-state index in [4.69, 9.17) is 10.5 Å². The average Bonchev–Trinajstić information content (AvgIpc) is 3.08. The number of nitrogens with two attached hydrogens (primary N) is 1. The van der Waals surface area contributed by atoms with Gasteiger partial charge in [0.25, 0.3) is 0 Å². The van der Waals surface area contributed by atoms with Crippen LogP contribution in [0.15, 0.2) is 0 Å². The maximum absolute atomic E-state index is 12.7. The molecule has 2 aliphatic heterocycles. The second-order valence-corrected chi connectivity index (χ2v) is 6.56. The number of hydrogen-bond donors (Lipinski definition) is 1. The molecule has 2 unspecified atom stereocenters. The summed E-state index contributed by atoms with van der Waals surface area (Å²) in [6, 6.07) is 0.453. The van der Waals surface area contributed by atoms with Crippen molar-refractivity contribution in [3.8, 4) is 0 Å². The molecule has 1 saturated carbocycles. The van der Waals surface area contributed by atoms with Crippen molar-refractivity contribution in [3.63, 3.8) is 0 Å². The van der Waals surface area contributed by atoms with E-state index >= 15 is 0 Å². The second kappa shape index (κ2) is 5.41. The largest absolute Gasteiger partial charge is 0.379 e. The summed E-state index contributed by atoms with van der Waals surface area (Å²) in [4.78, 5) is 14.8. The quantitative estimate of drug-likeness (QED) is 0.827. The Hall–Kier alpha value is -0.610. The molecular formula is C15H26N2O2. The zero-order valence-electron chi connectivity index (χ0n) is 11.8. The van der Waals surface area contributed by atoms with Gasteiger partial charge in [0.15, 0.2) is 0 Å². The number of carbonyl (C=O) groups excluding carboxylic acids is 1. The van der Waals surface area contributed by atoms with E-state index in [-0.39, 0.29) is 5.91 Å². The Morgan fingerprint density at radius 2 is 1.95 bits per heavy atom. The van der Waals surface area contributed by atoms with Crippen LogP contribution < -0.4 is 5.73 Å². The van der Waals surface area contributed by atoms with Crippen molar-refractivity contribution in [1.29, 1.82) is 0 Å². The number of rotatable bonds is 2. The molecule has 0 aromatic rings. The van der Waals surface area contributed by atoms with Crippen LogP contribution >= 0.6 is 0 Å². The summed E-state index contributed by atoms with van der Waals surface area (Å²) in [6.45, 7) is 1.93. The minimum absolute atomic E-state index is 0.151. The minimum atomic E-state index is -0.739. The zero-order valence-corrected chi connectivity index (χ0v) is 11.8. The number of hydrogen-bond acceptors (Lipinski definition) is 3.